The van der Waals surface area contributed by atoms with Crippen LogP contribution in [0.4, 0.5) is 0 Å². The number of nitrogens with zero attached hydrogens (tertiary/aromatic N) is 3. The first kappa shape index (κ1) is 39.1. The molecule has 1 aliphatic carbocycles. The van der Waals surface area contributed by atoms with Crippen LogP contribution in [0, 0.1) is 24.2 Å². The molecule has 1 aliphatic rings. The van der Waals surface area contributed by atoms with E-state index in [9.17, 15) is 24.6 Å². The van der Waals surface area contributed by atoms with Crippen molar-refractivity contribution in [1.82, 2.24) is 25.4 Å². The number of carbonyl (C=O) groups excluding carboxylic acids is 3. The third-order valence-corrected chi connectivity index (χ3v) is 10.1. The van der Waals surface area contributed by atoms with Gasteiger partial charge in [0.15, 0.2) is 0 Å². The van der Waals surface area contributed by atoms with Crippen molar-refractivity contribution in [3.05, 3.63) is 52.5 Å². The maximum Gasteiger partial charge on any atom is 0.243 e. The Kier molecular flexibility index (Phi) is 17.1. The summed E-state index contributed by atoms with van der Waals surface area (Å²) in [6, 6.07) is 7.81. The lowest BCUT2D eigenvalue weighted by atomic mass is 9.82. The molecule has 1 heterocycles. The minimum atomic E-state index is -1.22. The molecular weight excluding hydrogens is 627 g/mol. The lowest BCUT2D eigenvalue weighted by Crippen LogP contribution is -2.56. The molecule has 48 heavy (non-hydrogen) atoms. The van der Waals surface area contributed by atoms with Gasteiger partial charge in [-0.2, -0.15) is 0 Å². The molecule has 3 rings (SSSR count). The second-order valence-corrected chi connectivity index (χ2v) is 13.9. The molecule has 3 amide bonds. The number of nitrogens with one attached hydrogen (secondary N) is 2. The molecule has 0 radical (unpaired) electrons. The Labute approximate surface area is 290 Å². The van der Waals surface area contributed by atoms with Gasteiger partial charge in [0.25, 0.3) is 0 Å². The van der Waals surface area contributed by atoms with Gasteiger partial charge >= 0.3 is 0 Å². The number of terminal acetylenes is 1. The SMILES string of the molecule is C#CCC[C@H](O)[C@H](O)[C@H](CC1CCCCC1)NC(=O)[C@H](Cc1cscn1)NC(=O)[C@@H](CC(=O)N(C)CCN(C)CC)Cc1ccccc1. The highest BCUT2D eigenvalue weighted by Crippen LogP contribution is 2.29. The number of aromatic nitrogens is 1. The van der Waals surface area contributed by atoms with Gasteiger partial charge in [-0.3, -0.25) is 14.4 Å². The predicted octanol–water partition coefficient (Wildman–Crippen LogP) is 3.42. The van der Waals surface area contributed by atoms with Gasteiger partial charge in [-0.15, -0.1) is 23.7 Å². The third-order valence-electron chi connectivity index (χ3n) is 9.46. The Bertz CT molecular complexity index is 1280. The zero-order valence-corrected chi connectivity index (χ0v) is 29.7. The monoisotopic (exact) mass is 681 g/mol. The summed E-state index contributed by atoms with van der Waals surface area (Å²) in [6.07, 6.45) is 9.92. The minimum Gasteiger partial charge on any atom is -0.390 e. The smallest absolute Gasteiger partial charge is 0.243 e. The Hall–Kier alpha value is -3.30. The van der Waals surface area contributed by atoms with Crippen LogP contribution in [0.2, 0.25) is 0 Å². The van der Waals surface area contributed by atoms with Gasteiger partial charge in [-0.1, -0.05) is 69.4 Å². The van der Waals surface area contributed by atoms with E-state index in [1.807, 2.05) is 42.8 Å². The summed E-state index contributed by atoms with van der Waals surface area (Å²) in [5.41, 5.74) is 3.23. The van der Waals surface area contributed by atoms with E-state index < -0.39 is 42.0 Å². The molecule has 0 saturated heterocycles. The van der Waals surface area contributed by atoms with Gasteiger partial charge in [0.2, 0.25) is 17.7 Å². The second-order valence-electron chi connectivity index (χ2n) is 13.2. The van der Waals surface area contributed by atoms with Gasteiger partial charge in [0.1, 0.15) is 12.1 Å². The number of thiazole rings is 1. The molecule has 1 saturated carbocycles. The fourth-order valence-corrected chi connectivity index (χ4v) is 6.76. The van der Waals surface area contributed by atoms with Gasteiger partial charge in [0, 0.05) is 44.8 Å². The van der Waals surface area contributed by atoms with Crippen molar-refractivity contribution in [2.45, 2.75) is 102 Å². The number of carbonyl (C=O) groups is 3. The topological polar surface area (TPSA) is 135 Å². The van der Waals surface area contributed by atoms with Crippen LogP contribution in [0.3, 0.4) is 0 Å². The Balaban J connectivity index is 1.82. The van der Waals surface area contributed by atoms with Crippen LogP contribution < -0.4 is 10.6 Å². The first-order valence-electron chi connectivity index (χ1n) is 17.3. The van der Waals surface area contributed by atoms with E-state index in [0.29, 0.717) is 37.4 Å². The summed E-state index contributed by atoms with van der Waals surface area (Å²) < 4.78 is 0. The van der Waals surface area contributed by atoms with E-state index in [1.54, 1.807) is 17.5 Å². The van der Waals surface area contributed by atoms with Gasteiger partial charge < -0.3 is 30.6 Å². The van der Waals surface area contributed by atoms with Crippen LogP contribution in [0.5, 0.6) is 0 Å². The summed E-state index contributed by atoms with van der Waals surface area (Å²) in [4.78, 5) is 49.5. The Morgan fingerprint density at radius 3 is 2.42 bits per heavy atom. The molecular formula is C37H55N5O5S. The van der Waals surface area contributed by atoms with Crippen molar-refractivity contribution in [2.24, 2.45) is 11.8 Å². The third kappa shape index (κ3) is 13.3. The van der Waals surface area contributed by atoms with E-state index >= 15 is 0 Å². The molecule has 10 nitrogen and oxygen atoms in total. The lowest BCUT2D eigenvalue weighted by Gasteiger charge is -2.33. The van der Waals surface area contributed by atoms with Crippen molar-refractivity contribution in [3.8, 4) is 12.3 Å². The molecule has 4 N–H and O–H groups in total. The van der Waals surface area contributed by atoms with Crippen LogP contribution in [0.25, 0.3) is 0 Å². The highest BCUT2D eigenvalue weighted by Gasteiger charge is 2.34. The highest BCUT2D eigenvalue weighted by molar-refractivity contribution is 7.07. The number of aliphatic hydroxyl groups excluding tert-OH is 2. The molecule has 264 valence electrons. The molecule has 0 spiro atoms. The van der Waals surface area contributed by atoms with Crippen molar-refractivity contribution >= 4 is 29.1 Å². The van der Waals surface area contributed by atoms with E-state index in [1.165, 1.54) is 17.8 Å². The van der Waals surface area contributed by atoms with Crippen LogP contribution in [-0.4, -0.2) is 101 Å². The number of hydrogen-bond acceptors (Lipinski definition) is 8. The first-order valence-corrected chi connectivity index (χ1v) is 18.3. The summed E-state index contributed by atoms with van der Waals surface area (Å²) in [5, 5.41) is 29.8. The van der Waals surface area contributed by atoms with Crippen LogP contribution in [0.1, 0.15) is 76.0 Å². The summed E-state index contributed by atoms with van der Waals surface area (Å²) in [7, 11) is 3.74. The van der Waals surface area contributed by atoms with Crippen molar-refractivity contribution < 1.29 is 24.6 Å². The van der Waals surface area contributed by atoms with Crippen molar-refractivity contribution in [3.63, 3.8) is 0 Å². The Morgan fingerprint density at radius 2 is 1.77 bits per heavy atom. The predicted molar refractivity (Wildman–Crippen MR) is 190 cm³/mol. The molecule has 5 atom stereocenters. The number of benzene rings is 1. The fourth-order valence-electron chi connectivity index (χ4n) is 6.19. The average molecular weight is 682 g/mol. The van der Waals surface area contributed by atoms with Crippen molar-refractivity contribution in [2.75, 3.05) is 33.7 Å². The highest BCUT2D eigenvalue weighted by atomic mass is 32.1. The quantitative estimate of drug-likeness (QED) is 0.157. The lowest BCUT2D eigenvalue weighted by molar-refractivity contribution is -0.137. The van der Waals surface area contributed by atoms with E-state index in [-0.39, 0.29) is 25.2 Å². The standard InChI is InChI=1S/C37H55N5O5S/c1-5-7-18-33(43)35(45)31(22-28-16-12-9-13-17-28)39-37(47)32(24-30-25-48-26-38-30)40-36(46)29(21-27-14-10-8-11-15-27)23-34(44)42(4)20-19-41(3)6-2/h1,8,10-11,14-15,25-26,28-29,31-33,35,43,45H,6-7,9,12-13,16-24H2,2-4H3,(H,39,47)(H,40,46)/t29-,31+,32+,33+,35-/m1/s1. The second kappa shape index (κ2) is 20.9. The molecule has 11 heteroatoms. The average Bonchev–Trinajstić information content (AvgIpc) is 3.62. The van der Waals surface area contributed by atoms with Crippen LogP contribution >= 0.6 is 11.3 Å². The molecule has 1 aromatic heterocycles. The van der Waals surface area contributed by atoms with E-state index in [4.69, 9.17) is 6.42 Å². The maximum atomic E-state index is 14.0. The van der Waals surface area contributed by atoms with Crippen LogP contribution in [0.15, 0.2) is 41.2 Å². The van der Waals surface area contributed by atoms with Gasteiger partial charge in [0.05, 0.1) is 29.3 Å². The fraction of sp³-hybridized carbons (Fsp3) is 0.622. The molecule has 1 aromatic carbocycles. The summed E-state index contributed by atoms with van der Waals surface area (Å²) >= 11 is 1.40. The van der Waals surface area contributed by atoms with Crippen LogP contribution in [-0.2, 0) is 27.2 Å². The zero-order valence-electron chi connectivity index (χ0n) is 28.9. The van der Waals surface area contributed by atoms with Gasteiger partial charge in [-0.05, 0) is 44.3 Å². The molecule has 0 aliphatic heterocycles. The largest absolute Gasteiger partial charge is 0.390 e. The number of amides is 3. The molecule has 0 bridgehead atoms. The zero-order chi connectivity index (χ0) is 34.9. The Morgan fingerprint density at radius 1 is 1.04 bits per heavy atom. The van der Waals surface area contributed by atoms with E-state index in [2.05, 4.69) is 33.4 Å². The van der Waals surface area contributed by atoms with Gasteiger partial charge in [-0.25, -0.2) is 4.98 Å². The minimum absolute atomic E-state index is 0.0114. The van der Waals surface area contributed by atoms with E-state index in [0.717, 1.165) is 44.3 Å². The number of aliphatic hydroxyl groups is 2. The summed E-state index contributed by atoms with van der Waals surface area (Å²) in [5.74, 6) is 1.07. The number of likely N-dealkylation sites (N-methyl/N-ethyl adjacent to an activating group) is 2. The molecule has 1 fully saturated rings. The number of rotatable bonds is 20. The first-order chi connectivity index (χ1) is 23.1. The molecule has 0 unspecified atom stereocenters. The summed E-state index contributed by atoms with van der Waals surface area (Å²) in [6.45, 7) is 4.18. The normalized spacial score (nSPS) is 16.7. The molecule has 2 aromatic rings. The number of hydrogen-bond donors (Lipinski definition) is 4. The maximum absolute atomic E-state index is 14.0. The van der Waals surface area contributed by atoms with Crippen molar-refractivity contribution in [1.29, 1.82) is 0 Å².